The minimum absolute atomic E-state index is 0.00866. The number of carbonyl (C=O) groups excluding carboxylic acids is 1. The van der Waals surface area contributed by atoms with Crippen molar-refractivity contribution in [2.75, 3.05) is 19.8 Å². The summed E-state index contributed by atoms with van der Waals surface area (Å²) in [5.74, 6) is 6.42. The summed E-state index contributed by atoms with van der Waals surface area (Å²) in [5.41, 5.74) is 6.60. The van der Waals surface area contributed by atoms with Crippen LogP contribution in [0.15, 0.2) is 30.3 Å². The molecule has 2 heterocycles. The average molecular weight is 424 g/mol. The van der Waals surface area contributed by atoms with Gasteiger partial charge in [0.15, 0.2) is 18.1 Å². The van der Waals surface area contributed by atoms with Gasteiger partial charge < -0.3 is 19.3 Å². The van der Waals surface area contributed by atoms with Crippen LogP contribution < -0.4 is 25.5 Å². The molecule has 1 aromatic heterocycles. The summed E-state index contributed by atoms with van der Waals surface area (Å²) in [4.78, 5) is 11.4. The van der Waals surface area contributed by atoms with E-state index in [2.05, 4.69) is 10.2 Å². The van der Waals surface area contributed by atoms with Gasteiger partial charge in [-0.25, -0.2) is 5.84 Å². The van der Waals surface area contributed by atoms with Gasteiger partial charge >= 0.3 is 0 Å². The number of ether oxygens (including phenoxy) is 3. The van der Waals surface area contributed by atoms with Crippen LogP contribution in [-0.4, -0.2) is 41.0 Å². The Labute approximate surface area is 179 Å². The van der Waals surface area contributed by atoms with Crippen LogP contribution in [0, 0.1) is 6.92 Å². The molecule has 0 saturated carbocycles. The Morgan fingerprint density at radius 2 is 2.03 bits per heavy atom. The fourth-order valence-corrected chi connectivity index (χ4v) is 3.58. The second kappa shape index (κ2) is 8.57. The Hall–Kier alpha value is -3.72. The number of fused-ring (bicyclic) bond motifs is 1. The molecule has 0 aliphatic carbocycles. The molecule has 9 nitrogen and oxygen atoms in total. The summed E-state index contributed by atoms with van der Waals surface area (Å²) in [5, 5.41) is 18.2. The molecule has 1 aliphatic heterocycles. The third kappa shape index (κ3) is 3.99. The van der Waals surface area contributed by atoms with Crippen LogP contribution in [0.1, 0.15) is 18.2 Å². The van der Waals surface area contributed by atoms with Gasteiger partial charge in [-0.2, -0.15) is 5.10 Å². The number of H-pyrrole nitrogens is 1. The summed E-state index contributed by atoms with van der Waals surface area (Å²) in [6.45, 7) is 4.66. The largest absolute Gasteiger partial charge is 0.507 e. The van der Waals surface area contributed by atoms with E-state index in [0.717, 1.165) is 22.4 Å². The summed E-state index contributed by atoms with van der Waals surface area (Å²) >= 11 is 0. The molecule has 1 aliphatic rings. The third-order valence-electron chi connectivity index (χ3n) is 5.11. The highest BCUT2D eigenvalue weighted by molar-refractivity contribution is 5.86. The number of rotatable bonds is 6. The molecule has 1 amide bonds. The minimum Gasteiger partial charge on any atom is -0.507 e. The molecule has 0 fully saturated rings. The number of aromatic nitrogens is 2. The number of aromatic amines is 1. The molecule has 0 atom stereocenters. The number of phenolic OH excluding ortho intramolecular Hbond substituents is 1. The van der Waals surface area contributed by atoms with E-state index in [1.807, 2.05) is 43.5 Å². The van der Waals surface area contributed by atoms with Gasteiger partial charge in [0.05, 0.1) is 0 Å². The van der Waals surface area contributed by atoms with Gasteiger partial charge in [-0.3, -0.25) is 15.3 Å². The molecule has 162 valence electrons. The molecule has 0 unspecified atom stereocenters. The predicted molar refractivity (Wildman–Crippen MR) is 114 cm³/mol. The van der Waals surface area contributed by atoms with Crippen molar-refractivity contribution >= 4 is 5.91 Å². The molecule has 0 spiro atoms. The number of nitrogens with two attached hydrogens (primary N) is 1. The number of hydrazine groups is 1. The number of amides is 1. The van der Waals surface area contributed by atoms with E-state index < -0.39 is 5.91 Å². The fraction of sp³-hybridized carbons (Fsp3) is 0.273. The van der Waals surface area contributed by atoms with Crippen molar-refractivity contribution in [3.63, 3.8) is 0 Å². The number of carbonyl (C=O) groups is 1. The number of hydrogen-bond donors (Lipinski definition) is 4. The monoisotopic (exact) mass is 424 g/mol. The van der Waals surface area contributed by atoms with Crippen LogP contribution in [0.5, 0.6) is 23.0 Å². The van der Waals surface area contributed by atoms with Crippen molar-refractivity contribution in [1.82, 2.24) is 15.6 Å². The lowest BCUT2D eigenvalue weighted by molar-refractivity contribution is -0.123. The van der Waals surface area contributed by atoms with Gasteiger partial charge in [-0.1, -0.05) is 13.0 Å². The van der Waals surface area contributed by atoms with Crippen LogP contribution >= 0.6 is 0 Å². The molecule has 2 aromatic carbocycles. The summed E-state index contributed by atoms with van der Waals surface area (Å²) < 4.78 is 16.9. The normalized spacial score (nSPS) is 12.5. The minimum atomic E-state index is -0.463. The number of phenols is 1. The van der Waals surface area contributed by atoms with Crippen molar-refractivity contribution in [3.8, 4) is 45.4 Å². The smallest absolute Gasteiger partial charge is 0.271 e. The molecule has 0 bridgehead atoms. The van der Waals surface area contributed by atoms with Crippen LogP contribution in [-0.2, 0) is 11.2 Å². The number of hydrogen-bond acceptors (Lipinski definition) is 7. The highest BCUT2D eigenvalue weighted by Crippen LogP contribution is 2.42. The van der Waals surface area contributed by atoms with E-state index in [0.29, 0.717) is 48.1 Å². The van der Waals surface area contributed by atoms with E-state index in [9.17, 15) is 9.90 Å². The second-order valence-corrected chi connectivity index (χ2v) is 7.12. The second-order valence-electron chi connectivity index (χ2n) is 7.12. The van der Waals surface area contributed by atoms with Crippen LogP contribution in [0.25, 0.3) is 22.4 Å². The van der Waals surface area contributed by atoms with Crippen molar-refractivity contribution in [2.24, 2.45) is 5.84 Å². The summed E-state index contributed by atoms with van der Waals surface area (Å²) in [7, 11) is 0. The number of aryl methyl sites for hydroxylation is 2. The molecule has 31 heavy (non-hydrogen) atoms. The van der Waals surface area contributed by atoms with E-state index >= 15 is 0 Å². The van der Waals surface area contributed by atoms with Crippen molar-refractivity contribution < 1.29 is 24.1 Å². The number of nitrogens with zero attached hydrogens (tertiary/aromatic N) is 1. The SMILES string of the molecule is CCc1cc(-c2n[nH]c(C)c2-c2ccc3c(c2)OCCO3)c(O)cc1OCC(=O)NN. The first-order chi connectivity index (χ1) is 15.0. The molecular weight excluding hydrogens is 400 g/mol. The first-order valence-electron chi connectivity index (χ1n) is 9.95. The maximum atomic E-state index is 11.4. The van der Waals surface area contributed by atoms with Gasteiger partial charge in [0.1, 0.15) is 30.4 Å². The highest BCUT2D eigenvalue weighted by atomic mass is 16.6. The highest BCUT2D eigenvalue weighted by Gasteiger charge is 2.21. The first-order valence-corrected chi connectivity index (χ1v) is 9.95. The topological polar surface area (TPSA) is 132 Å². The van der Waals surface area contributed by atoms with Crippen molar-refractivity contribution in [2.45, 2.75) is 20.3 Å². The Balaban J connectivity index is 1.75. The quantitative estimate of drug-likeness (QED) is 0.271. The lowest BCUT2D eigenvalue weighted by atomic mass is 9.96. The van der Waals surface area contributed by atoms with E-state index in [1.54, 1.807) is 0 Å². The lowest BCUT2D eigenvalue weighted by Crippen LogP contribution is -2.34. The standard InChI is InChI=1S/C22H24N4O5/c1-3-13-8-15(16(27)10-18(13)31-11-20(28)24-23)22-21(12(2)25-26-22)14-4-5-17-19(9-14)30-7-6-29-17/h4-5,8-10,27H,3,6-7,11,23H2,1-2H3,(H,24,28)(H,25,26). The van der Waals surface area contributed by atoms with Gasteiger partial charge in [0.2, 0.25) is 0 Å². The third-order valence-corrected chi connectivity index (χ3v) is 5.11. The van der Waals surface area contributed by atoms with Gasteiger partial charge in [0.25, 0.3) is 5.91 Å². The molecule has 9 heteroatoms. The Morgan fingerprint density at radius 1 is 1.26 bits per heavy atom. The van der Waals surface area contributed by atoms with Gasteiger partial charge in [-0.05, 0) is 42.7 Å². The molecular formula is C22H24N4O5. The maximum absolute atomic E-state index is 11.4. The molecule has 0 radical (unpaired) electrons. The van der Waals surface area contributed by atoms with Crippen LogP contribution in [0.2, 0.25) is 0 Å². The fourth-order valence-electron chi connectivity index (χ4n) is 3.58. The number of benzene rings is 2. The first kappa shape index (κ1) is 20.5. The summed E-state index contributed by atoms with van der Waals surface area (Å²) in [6.07, 6.45) is 0.635. The van der Waals surface area contributed by atoms with E-state index in [1.165, 1.54) is 6.07 Å². The Kier molecular flexibility index (Phi) is 5.68. The average Bonchev–Trinajstić information content (AvgIpc) is 3.18. The van der Waals surface area contributed by atoms with Crippen molar-refractivity contribution in [1.29, 1.82) is 0 Å². The van der Waals surface area contributed by atoms with E-state index in [4.69, 9.17) is 20.1 Å². The maximum Gasteiger partial charge on any atom is 0.271 e. The Morgan fingerprint density at radius 3 is 2.77 bits per heavy atom. The molecule has 4 rings (SSSR count). The van der Waals surface area contributed by atoms with Crippen molar-refractivity contribution in [3.05, 3.63) is 41.6 Å². The molecule has 3 aromatic rings. The zero-order valence-corrected chi connectivity index (χ0v) is 17.3. The van der Waals surface area contributed by atoms with Gasteiger partial charge in [-0.15, -0.1) is 0 Å². The number of nitrogens with one attached hydrogen (secondary N) is 2. The Bertz CT molecular complexity index is 1130. The van der Waals surface area contributed by atoms with E-state index in [-0.39, 0.29) is 12.4 Å². The molecule has 5 N–H and O–H groups in total. The molecule has 0 saturated heterocycles. The lowest BCUT2D eigenvalue weighted by Gasteiger charge is -2.19. The predicted octanol–water partition coefficient (Wildman–Crippen LogP) is 2.46. The summed E-state index contributed by atoms with van der Waals surface area (Å²) in [6, 6.07) is 9.04. The van der Waals surface area contributed by atoms with Gasteiger partial charge in [0, 0.05) is 22.9 Å². The zero-order valence-electron chi connectivity index (χ0n) is 17.3. The number of aromatic hydroxyl groups is 1. The van der Waals surface area contributed by atoms with Crippen LogP contribution in [0.3, 0.4) is 0 Å². The zero-order chi connectivity index (χ0) is 22.0. The van der Waals surface area contributed by atoms with Crippen LogP contribution in [0.4, 0.5) is 0 Å².